The van der Waals surface area contributed by atoms with Crippen molar-refractivity contribution < 1.29 is 44.3 Å². The van der Waals surface area contributed by atoms with E-state index in [1.165, 1.54) is 0 Å². The lowest BCUT2D eigenvalue weighted by molar-refractivity contribution is -0.139. The molecule has 9 nitrogen and oxygen atoms in total. The highest BCUT2D eigenvalue weighted by atomic mass is 16.5. The molecule has 0 aliphatic rings. The first-order valence-electron chi connectivity index (χ1n) is 6.39. The van der Waals surface area contributed by atoms with Crippen LogP contribution in [0, 0.1) is 0 Å². The van der Waals surface area contributed by atoms with Gasteiger partial charge in [0.1, 0.15) is 6.61 Å². The van der Waals surface area contributed by atoms with Gasteiger partial charge in [-0.1, -0.05) is 6.58 Å². The maximum Gasteiger partial charge on any atom is 0.336 e. The quantitative estimate of drug-likeness (QED) is 0.435. The number of carbonyl (C=O) groups excluding carboxylic acids is 1. The van der Waals surface area contributed by atoms with E-state index in [4.69, 9.17) is 20.4 Å². The monoisotopic (exact) mass is 340 g/mol. The first-order valence-corrected chi connectivity index (χ1v) is 6.39. The Morgan fingerprint density at radius 1 is 1.00 bits per heavy atom. The number of aliphatic hydroxyl groups is 1. The number of rotatable bonds is 6. The Morgan fingerprint density at radius 3 is 1.92 bits per heavy atom. The van der Waals surface area contributed by atoms with E-state index in [0.29, 0.717) is 5.57 Å². The number of carboxylic acid groups (broad SMARTS) is 3. The van der Waals surface area contributed by atoms with Crippen molar-refractivity contribution in [3.05, 3.63) is 47.0 Å². The van der Waals surface area contributed by atoms with Crippen LogP contribution in [0.3, 0.4) is 0 Å². The Bertz CT molecular complexity index is 661. The Morgan fingerprint density at radius 2 is 1.54 bits per heavy atom. The first-order chi connectivity index (χ1) is 11.1. The number of carbonyl (C=O) groups is 4. The van der Waals surface area contributed by atoms with Gasteiger partial charge in [-0.15, -0.1) is 0 Å². The largest absolute Gasteiger partial charge is 0.478 e. The minimum atomic E-state index is -1.48. The summed E-state index contributed by atoms with van der Waals surface area (Å²) in [6.45, 7) is 4.81. The Hall–Kier alpha value is -3.20. The van der Waals surface area contributed by atoms with Crippen LogP contribution < -0.4 is 0 Å². The van der Waals surface area contributed by atoms with Crippen LogP contribution in [0.2, 0.25) is 0 Å². The second-order valence-corrected chi connectivity index (χ2v) is 4.32. The van der Waals surface area contributed by atoms with Gasteiger partial charge in [-0.05, 0) is 25.1 Å². The molecule has 0 unspecified atom stereocenters. The van der Waals surface area contributed by atoms with Crippen LogP contribution in [0.15, 0.2) is 30.4 Å². The molecular weight excluding hydrogens is 324 g/mol. The van der Waals surface area contributed by atoms with Gasteiger partial charge in [0, 0.05) is 5.57 Å². The number of hydrogen-bond donors (Lipinski definition) is 4. The van der Waals surface area contributed by atoms with Gasteiger partial charge in [0.15, 0.2) is 0 Å². The molecule has 24 heavy (non-hydrogen) atoms. The van der Waals surface area contributed by atoms with Gasteiger partial charge in [-0.2, -0.15) is 0 Å². The molecule has 0 saturated heterocycles. The van der Waals surface area contributed by atoms with E-state index in [9.17, 15) is 19.2 Å². The molecule has 1 rings (SSSR count). The summed E-state index contributed by atoms with van der Waals surface area (Å²) in [4.78, 5) is 42.2. The van der Waals surface area contributed by atoms with Gasteiger partial charge in [0.2, 0.25) is 0 Å². The summed E-state index contributed by atoms with van der Waals surface area (Å²) in [7, 11) is 0. The molecule has 0 aliphatic heterocycles. The van der Waals surface area contributed by atoms with Crippen molar-refractivity contribution in [3.63, 3.8) is 0 Å². The van der Waals surface area contributed by atoms with Gasteiger partial charge in [0.25, 0.3) is 0 Å². The first kappa shape index (κ1) is 20.8. The number of aromatic carboxylic acids is 3. The minimum Gasteiger partial charge on any atom is -0.478 e. The van der Waals surface area contributed by atoms with Crippen LogP contribution in [-0.2, 0) is 9.53 Å². The topological polar surface area (TPSA) is 158 Å². The van der Waals surface area contributed by atoms with Crippen molar-refractivity contribution in [2.45, 2.75) is 6.92 Å². The summed E-state index contributed by atoms with van der Waals surface area (Å²) in [5, 5.41) is 34.1. The highest BCUT2D eigenvalue weighted by Crippen LogP contribution is 2.12. The van der Waals surface area contributed by atoms with E-state index >= 15 is 0 Å². The second-order valence-electron chi connectivity index (χ2n) is 4.32. The predicted octanol–water partition coefficient (Wildman–Crippen LogP) is 0.879. The van der Waals surface area contributed by atoms with Gasteiger partial charge in [-0.3, -0.25) is 0 Å². The maximum atomic E-state index is 10.6. The van der Waals surface area contributed by atoms with E-state index in [1.54, 1.807) is 6.92 Å². The van der Waals surface area contributed by atoms with Crippen LogP contribution in [-0.4, -0.2) is 57.5 Å². The average molecular weight is 340 g/mol. The average Bonchev–Trinajstić information content (AvgIpc) is 2.52. The zero-order chi connectivity index (χ0) is 18.9. The van der Waals surface area contributed by atoms with E-state index < -0.39 is 35.0 Å². The minimum absolute atomic E-state index is 0.0473. The molecule has 0 aromatic heterocycles. The number of esters is 1. The highest BCUT2D eigenvalue weighted by Gasteiger charge is 2.17. The lowest BCUT2D eigenvalue weighted by Crippen LogP contribution is -2.10. The SMILES string of the molecule is C=C(C)C(=O)OCCO.O=C(O)c1ccc(C(=O)O)c(C(=O)O)c1. The smallest absolute Gasteiger partial charge is 0.336 e. The Balaban J connectivity index is 0.000000506. The molecule has 9 heteroatoms. The van der Waals surface area contributed by atoms with Crippen LogP contribution >= 0.6 is 0 Å². The normalized spacial score (nSPS) is 9.25. The summed E-state index contributed by atoms with van der Waals surface area (Å²) < 4.78 is 4.46. The van der Waals surface area contributed by atoms with Gasteiger partial charge >= 0.3 is 23.9 Å². The van der Waals surface area contributed by atoms with Crippen molar-refractivity contribution in [3.8, 4) is 0 Å². The van der Waals surface area contributed by atoms with E-state index in [0.717, 1.165) is 18.2 Å². The lowest BCUT2D eigenvalue weighted by atomic mass is 10.0. The zero-order valence-electron chi connectivity index (χ0n) is 12.7. The Labute approximate surface area is 136 Å². The molecule has 0 fully saturated rings. The molecule has 0 aliphatic carbocycles. The molecule has 0 amide bonds. The molecular formula is C15H16O9. The van der Waals surface area contributed by atoms with Gasteiger partial charge < -0.3 is 25.2 Å². The fourth-order valence-electron chi connectivity index (χ4n) is 1.30. The van der Waals surface area contributed by atoms with Gasteiger partial charge in [-0.25, -0.2) is 19.2 Å². The Kier molecular flexibility index (Phi) is 8.44. The number of aliphatic hydroxyl groups excluding tert-OH is 1. The summed E-state index contributed by atoms with van der Waals surface area (Å²) in [5.74, 6) is -4.65. The molecule has 0 saturated carbocycles. The summed E-state index contributed by atoms with van der Waals surface area (Å²) >= 11 is 0. The number of hydrogen-bond acceptors (Lipinski definition) is 6. The molecule has 0 heterocycles. The molecule has 0 bridgehead atoms. The fourth-order valence-corrected chi connectivity index (χ4v) is 1.30. The standard InChI is InChI=1S/C9H6O6.C6H10O3/c10-7(11)4-1-2-5(8(12)13)6(3-4)9(14)15;1-5(2)6(8)9-4-3-7/h1-3H,(H,10,11)(H,12,13)(H,14,15);7H,1,3-4H2,2H3. The van der Waals surface area contributed by atoms with Crippen LogP contribution in [0.4, 0.5) is 0 Å². The molecule has 1 aromatic carbocycles. The number of ether oxygens (including phenoxy) is 1. The maximum absolute atomic E-state index is 10.6. The second kappa shape index (κ2) is 9.74. The van der Waals surface area contributed by atoms with E-state index in [-0.39, 0.29) is 18.8 Å². The van der Waals surface area contributed by atoms with Crippen LogP contribution in [0.5, 0.6) is 0 Å². The lowest BCUT2D eigenvalue weighted by Gasteiger charge is -2.02. The summed E-state index contributed by atoms with van der Waals surface area (Å²) in [6, 6.07) is 2.81. The predicted molar refractivity (Wildman–Crippen MR) is 80.2 cm³/mol. The zero-order valence-corrected chi connectivity index (χ0v) is 12.7. The highest BCUT2D eigenvalue weighted by molar-refractivity contribution is 6.03. The number of carboxylic acids is 3. The van der Waals surface area contributed by atoms with Crippen molar-refractivity contribution in [2.24, 2.45) is 0 Å². The van der Waals surface area contributed by atoms with Crippen molar-refractivity contribution in [1.82, 2.24) is 0 Å². The van der Waals surface area contributed by atoms with Crippen molar-refractivity contribution in [1.29, 1.82) is 0 Å². The summed E-state index contributed by atoms with van der Waals surface area (Å²) in [6.07, 6.45) is 0. The molecule has 1 aromatic rings. The van der Waals surface area contributed by atoms with Crippen LogP contribution in [0.1, 0.15) is 38.0 Å². The number of benzene rings is 1. The molecule has 130 valence electrons. The van der Waals surface area contributed by atoms with Crippen LogP contribution in [0.25, 0.3) is 0 Å². The van der Waals surface area contributed by atoms with Gasteiger partial charge in [0.05, 0.1) is 23.3 Å². The third-order valence-electron chi connectivity index (χ3n) is 2.40. The molecule has 0 radical (unpaired) electrons. The molecule has 0 spiro atoms. The fraction of sp³-hybridized carbons (Fsp3) is 0.200. The summed E-state index contributed by atoms with van der Waals surface area (Å²) in [5.41, 5.74) is -0.893. The van der Waals surface area contributed by atoms with Crippen molar-refractivity contribution in [2.75, 3.05) is 13.2 Å². The third-order valence-corrected chi connectivity index (χ3v) is 2.40. The van der Waals surface area contributed by atoms with Crippen molar-refractivity contribution >= 4 is 23.9 Å². The van der Waals surface area contributed by atoms with E-state index in [1.807, 2.05) is 0 Å². The van der Waals surface area contributed by atoms with E-state index in [2.05, 4.69) is 11.3 Å². The third kappa shape index (κ3) is 6.71. The molecule has 0 atom stereocenters. The molecule has 4 N–H and O–H groups in total.